The summed E-state index contributed by atoms with van der Waals surface area (Å²) in [5, 5.41) is 2.83. The van der Waals surface area contributed by atoms with E-state index in [-0.39, 0.29) is 5.97 Å². The van der Waals surface area contributed by atoms with E-state index < -0.39 is 0 Å². The van der Waals surface area contributed by atoms with Crippen LogP contribution in [0.2, 0.25) is 5.02 Å². The SMILES string of the molecule is CCc1cccc(Cl)c1-c1ccc2cc(C(=O)OC)ccc2c1. The van der Waals surface area contributed by atoms with Crippen molar-refractivity contribution in [3.63, 3.8) is 0 Å². The largest absolute Gasteiger partial charge is 0.465 e. The third-order valence-corrected chi connectivity index (χ3v) is 4.35. The smallest absolute Gasteiger partial charge is 0.337 e. The molecule has 0 radical (unpaired) electrons. The fourth-order valence-electron chi connectivity index (χ4n) is 2.83. The summed E-state index contributed by atoms with van der Waals surface area (Å²) in [4.78, 5) is 11.6. The Hall–Kier alpha value is -2.32. The standard InChI is InChI=1S/C20H17ClO2/c1-3-13-5-4-6-18(21)19(13)16-9-7-15-12-17(20(22)23-2)10-8-14(15)11-16/h4-12H,3H2,1-2H3. The predicted molar refractivity (Wildman–Crippen MR) is 95.1 cm³/mol. The van der Waals surface area contributed by atoms with Gasteiger partial charge >= 0.3 is 5.97 Å². The molecule has 0 aliphatic rings. The number of fused-ring (bicyclic) bond motifs is 1. The summed E-state index contributed by atoms with van der Waals surface area (Å²) in [6.07, 6.45) is 0.926. The first-order valence-corrected chi connectivity index (χ1v) is 7.91. The van der Waals surface area contributed by atoms with Gasteiger partial charge in [-0.15, -0.1) is 0 Å². The monoisotopic (exact) mass is 324 g/mol. The molecule has 3 rings (SSSR count). The third kappa shape index (κ3) is 2.95. The van der Waals surface area contributed by atoms with E-state index in [1.807, 2.05) is 36.4 Å². The van der Waals surface area contributed by atoms with Crippen LogP contribution in [0.15, 0.2) is 54.6 Å². The number of hydrogen-bond donors (Lipinski definition) is 0. The van der Waals surface area contributed by atoms with Gasteiger partial charge in [0, 0.05) is 10.6 Å². The lowest BCUT2D eigenvalue weighted by molar-refractivity contribution is 0.0601. The molecule has 0 heterocycles. The molecule has 0 saturated heterocycles. The summed E-state index contributed by atoms with van der Waals surface area (Å²) in [6.45, 7) is 2.12. The molecular formula is C20H17ClO2. The van der Waals surface area contributed by atoms with Gasteiger partial charge in [0.05, 0.1) is 12.7 Å². The highest BCUT2D eigenvalue weighted by Gasteiger charge is 2.10. The lowest BCUT2D eigenvalue weighted by Crippen LogP contribution is -2.00. The Balaban J connectivity index is 2.13. The number of esters is 1. The fourth-order valence-corrected chi connectivity index (χ4v) is 3.14. The maximum absolute atomic E-state index is 11.6. The summed E-state index contributed by atoms with van der Waals surface area (Å²) in [7, 11) is 1.39. The second kappa shape index (κ2) is 6.43. The normalized spacial score (nSPS) is 10.7. The average molecular weight is 325 g/mol. The molecule has 3 heteroatoms. The van der Waals surface area contributed by atoms with Crippen LogP contribution in [0.25, 0.3) is 21.9 Å². The Bertz CT molecular complexity index is 884. The molecule has 0 aliphatic carbocycles. The number of carbonyl (C=O) groups is 1. The second-order valence-corrected chi connectivity index (χ2v) is 5.80. The zero-order chi connectivity index (χ0) is 16.4. The molecule has 0 aromatic heterocycles. The highest BCUT2D eigenvalue weighted by Crippen LogP contribution is 2.33. The number of benzene rings is 3. The van der Waals surface area contributed by atoms with E-state index in [0.29, 0.717) is 5.56 Å². The molecule has 0 bridgehead atoms. The van der Waals surface area contributed by atoms with Crippen LogP contribution in [0.5, 0.6) is 0 Å². The second-order valence-electron chi connectivity index (χ2n) is 5.40. The molecule has 3 aromatic rings. The minimum Gasteiger partial charge on any atom is -0.465 e. The van der Waals surface area contributed by atoms with Crippen LogP contribution in [-0.2, 0) is 11.2 Å². The molecule has 0 aliphatic heterocycles. The molecule has 0 saturated carbocycles. The maximum Gasteiger partial charge on any atom is 0.337 e. The first-order valence-electron chi connectivity index (χ1n) is 7.54. The predicted octanol–water partition coefficient (Wildman–Crippen LogP) is 5.51. The highest BCUT2D eigenvalue weighted by molar-refractivity contribution is 6.33. The molecule has 0 spiro atoms. The van der Waals surface area contributed by atoms with E-state index in [1.54, 1.807) is 6.07 Å². The van der Waals surface area contributed by atoms with Gasteiger partial charge in [-0.1, -0.05) is 48.9 Å². The topological polar surface area (TPSA) is 26.3 Å². The van der Waals surface area contributed by atoms with Crippen LogP contribution < -0.4 is 0 Å². The molecule has 116 valence electrons. The Morgan fingerprint density at radius 2 is 1.78 bits per heavy atom. The van der Waals surface area contributed by atoms with Gasteiger partial charge in [-0.3, -0.25) is 0 Å². The molecule has 0 fully saturated rings. The summed E-state index contributed by atoms with van der Waals surface area (Å²) in [5.74, 6) is -0.324. The Morgan fingerprint density at radius 3 is 2.52 bits per heavy atom. The summed E-state index contributed by atoms with van der Waals surface area (Å²) in [5.41, 5.74) is 3.95. The molecule has 3 aromatic carbocycles. The van der Waals surface area contributed by atoms with Gasteiger partial charge in [0.25, 0.3) is 0 Å². The van der Waals surface area contributed by atoms with E-state index in [2.05, 4.69) is 19.1 Å². The van der Waals surface area contributed by atoms with Crippen LogP contribution in [0.1, 0.15) is 22.8 Å². The number of hydrogen-bond acceptors (Lipinski definition) is 2. The van der Waals surface area contributed by atoms with Crippen molar-refractivity contribution in [3.05, 3.63) is 70.7 Å². The van der Waals surface area contributed by atoms with Crippen LogP contribution >= 0.6 is 11.6 Å². The van der Waals surface area contributed by atoms with Gasteiger partial charge in [0.15, 0.2) is 0 Å². The van der Waals surface area contributed by atoms with Gasteiger partial charge < -0.3 is 4.74 Å². The van der Waals surface area contributed by atoms with Crippen molar-refractivity contribution in [2.24, 2.45) is 0 Å². The van der Waals surface area contributed by atoms with Gasteiger partial charge in [-0.2, -0.15) is 0 Å². The molecule has 0 unspecified atom stereocenters. The summed E-state index contributed by atoms with van der Waals surface area (Å²) < 4.78 is 4.77. The lowest BCUT2D eigenvalue weighted by atomic mass is 9.95. The van der Waals surface area contributed by atoms with E-state index in [9.17, 15) is 4.79 Å². The summed E-state index contributed by atoms with van der Waals surface area (Å²) in [6, 6.07) is 17.7. The quantitative estimate of drug-likeness (QED) is 0.594. The molecule has 0 atom stereocenters. The van der Waals surface area contributed by atoms with Crippen molar-refractivity contribution < 1.29 is 9.53 Å². The van der Waals surface area contributed by atoms with Crippen molar-refractivity contribution in [3.8, 4) is 11.1 Å². The van der Waals surface area contributed by atoms with Crippen molar-refractivity contribution >= 4 is 28.3 Å². The third-order valence-electron chi connectivity index (χ3n) is 4.03. The Labute approximate surface area is 140 Å². The van der Waals surface area contributed by atoms with Crippen molar-refractivity contribution in [1.29, 1.82) is 0 Å². The van der Waals surface area contributed by atoms with E-state index in [4.69, 9.17) is 16.3 Å². The lowest BCUT2D eigenvalue weighted by Gasteiger charge is -2.11. The number of rotatable bonds is 3. The number of methoxy groups -OCH3 is 1. The molecule has 23 heavy (non-hydrogen) atoms. The number of carbonyl (C=O) groups excluding carboxylic acids is 1. The molecular weight excluding hydrogens is 308 g/mol. The fraction of sp³-hybridized carbons (Fsp3) is 0.150. The zero-order valence-electron chi connectivity index (χ0n) is 13.1. The van der Waals surface area contributed by atoms with Crippen LogP contribution in [0, 0.1) is 0 Å². The maximum atomic E-state index is 11.6. The van der Waals surface area contributed by atoms with Crippen LogP contribution in [0.4, 0.5) is 0 Å². The first kappa shape index (κ1) is 15.6. The van der Waals surface area contributed by atoms with E-state index >= 15 is 0 Å². The minimum atomic E-state index is -0.324. The summed E-state index contributed by atoms with van der Waals surface area (Å²) >= 11 is 6.42. The van der Waals surface area contributed by atoms with E-state index in [0.717, 1.165) is 33.3 Å². The zero-order valence-corrected chi connectivity index (χ0v) is 13.9. The Morgan fingerprint density at radius 1 is 1.04 bits per heavy atom. The molecule has 0 N–H and O–H groups in total. The highest BCUT2D eigenvalue weighted by atomic mass is 35.5. The van der Waals surface area contributed by atoms with Gasteiger partial charge in [0.1, 0.15) is 0 Å². The molecule has 0 amide bonds. The number of halogens is 1. The number of ether oxygens (including phenoxy) is 1. The van der Waals surface area contributed by atoms with E-state index in [1.165, 1.54) is 12.7 Å². The van der Waals surface area contributed by atoms with Gasteiger partial charge in [0.2, 0.25) is 0 Å². The first-order chi connectivity index (χ1) is 11.1. The molecule has 2 nitrogen and oxygen atoms in total. The van der Waals surface area contributed by atoms with Crippen molar-refractivity contribution in [2.75, 3.05) is 7.11 Å². The number of aryl methyl sites for hydroxylation is 1. The van der Waals surface area contributed by atoms with Crippen LogP contribution in [-0.4, -0.2) is 13.1 Å². The van der Waals surface area contributed by atoms with Crippen molar-refractivity contribution in [1.82, 2.24) is 0 Å². The Kier molecular flexibility index (Phi) is 4.35. The van der Waals surface area contributed by atoms with Crippen molar-refractivity contribution in [2.45, 2.75) is 13.3 Å². The van der Waals surface area contributed by atoms with Gasteiger partial charge in [-0.05, 0) is 52.6 Å². The van der Waals surface area contributed by atoms with Crippen LogP contribution in [0.3, 0.4) is 0 Å². The average Bonchev–Trinajstić information content (AvgIpc) is 2.59. The minimum absolute atomic E-state index is 0.324. The van der Waals surface area contributed by atoms with Gasteiger partial charge in [-0.25, -0.2) is 4.79 Å².